The SMILES string of the molecule is C=N/C(C)=C(\SC)c1ccc(CNC(=O)[C@@H]2C[C@@H](O)CN2C(=O)[C@@H](NC(=O)[C@H]2CC[C@H](CN3CCC(c4cnc(N5C6CCC5CN(c5cc(-c7ccccc7O)nnc5N)C6)nc4)CC3)CC2)C(C)(C)C)c(C(F)(F)F)c1. The fourth-order valence-corrected chi connectivity index (χ4v) is 13.1. The topological polar surface area (TPSA) is 219 Å². The van der Waals surface area contributed by atoms with E-state index in [9.17, 15) is 37.8 Å². The molecule has 4 saturated heterocycles. The van der Waals surface area contributed by atoms with Crippen molar-refractivity contribution in [3.8, 4) is 17.0 Å². The number of amides is 3. The molecule has 2 bridgehead atoms. The number of likely N-dealkylation sites (tertiary alicyclic amines) is 2. The van der Waals surface area contributed by atoms with Gasteiger partial charge in [-0.3, -0.25) is 19.4 Å². The summed E-state index contributed by atoms with van der Waals surface area (Å²) < 4.78 is 43.1. The largest absolute Gasteiger partial charge is 0.507 e. The summed E-state index contributed by atoms with van der Waals surface area (Å²) in [6, 6.07) is 11.2. The van der Waals surface area contributed by atoms with Crippen LogP contribution in [-0.2, 0) is 27.1 Å². The number of nitrogen functional groups attached to an aromatic ring is 1. The number of hydrogen-bond acceptors (Lipinski definition) is 15. The highest BCUT2D eigenvalue weighted by Gasteiger charge is 2.46. The fourth-order valence-electron chi connectivity index (χ4n) is 12.4. The smallest absolute Gasteiger partial charge is 0.416 e. The number of nitrogens with one attached hydrogen (secondary N) is 2. The number of nitrogens with zero attached hydrogens (tertiary/aromatic N) is 9. The van der Waals surface area contributed by atoms with Crippen molar-refractivity contribution in [2.75, 3.05) is 61.1 Å². The van der Waals surface area contributed by atoms with Gasteiger partial charge < -0.3 is 46.2 Å². The number of benzene rings is 2. The number of hydrogen-bond donors (Lipinski definition) is 5. The second-order valence-electron chi connectivity index (χ2n) is 22.9. The molecular formula is C57H73F3N12O5S. The highest BCUT2D eigenvalue weighted by atomic mass is 32.2. The summed E-state index contributed by atoms with van der Waals surface area (Å²) in [5, 5.41) is 35.3. The Morgan fingerprint density at radius 1 is 0.910 bits per heavy atom. The number of piperazine rings is 1. The van der Waals surface area contributed by atoms with Gasteiger partial charge in [-0.25, -0.2) is 9.97 Å². The number of rotatable bonds is 15. The number of piperidine rings is 1. The molecule has 0 radical (unpaired) electrons. The molecule has 2 aromatic heterocycles. The Balaban J connectivity index is 0.735. The molecule has 9 rings (SSSR count). The molecule has 17 nitrogen and oxygen atoms in total. The molecule has 6 heterocycles. The number of phenolic OH excluding ortho intramolecular Hbond substituents is 1. The van der Waals surface area contributed by atoms with Crippen LogP contribution in [0.2, 0.25) is 0 Å². The number of allylic oxidation sites excluding steroid dienone is 1. The van der Waals surface area contributed by atoms with Gasteiger partial charge in [0.15, 0.2) is 5.82 Å². The van der Waals surface area contributed by atoms with Crippen molar-refractivity contribution in [3.05, 3.63) is 88.9 Å². The average Bonchev–Trinajstić information content (AvgIpc) is 4.00. The number of phenols is 1. The number of fused-ring (bicyclic) bond motifs is 2. The zero-order chi connectivity index (χ0) is 55.6. The summed E-state index contributed by atoms with van der Waals surface area (Å²) in [6.07, 6.45) is 7.09. The second-order valence-corrected chi connectivity index (χ2v) is 23.7. The highest BCUT2D eigenvalue weighted by Crippen LogP contribution is 2.41. The number of aliphatic hydroxyl groups is 1. The number of aliphatic imine (C=N–C) groups is 1. The van der Waals surface area contributed by atoms with Crippen molar-refractivity contribution in [1.82, 2.24) is 40.6 Å². The molecule has 418 valence electrons. The first-order chi connectivity index (χ1) is 37.2. The highest BCUT2D eigenvalue weighted by molar-refractivity contribution is 8.07. The number of halogens is 3. The Hall–Kier alpha value is -6.32. The van der Waals surface area contributed by atoms with Crippen LogP contribution in [0.5, 0.6) is 5.75 Å². The van der Waals surface area contributed by atoms with Crippen LogP contribution in [0, 0.1) is 17.3 Å². The summed E-state index contributed by atoms with van der Waals surface area (Å²) in [5.41, 5.74) is 8.50. The van der Waals surface area contributed by atoms with E-state index in [1.54, 1.807) is 31.4 Å². The van der Waals surface area contributed by atoms with Crippen LogP contribution in [-0.4, -0.2) is 140 Å². The first-order valence-electron chi connectivity index (χ1n) is 27.2. The summed E-state index contributed by atoms with van der Waals surface area (Å²) in [4.78, 5) is 64.8. The minimum absolute atomic E-state index is 0.0949. The van der Waals surface area contributed by atoms with Crippen LogP contribution >= 0.6 is 11.8 Å². The van der Waals surface area contributed by atoms with Crippen LogP contribution in [0.3, 0.4) is 0 Å². The number of thioether (sulfide) groups is 1. The van der Waals surface area contributed by atoms with Gasteiger partial charge in [-0.2, -0.15) is 13.2 Å². The van der Waals surface area contributed by atoms with E-state index in [0.717, 1.165) is 94.5 Å². The lowest BCUT2D eigenvalue weighted by Crippen LogP contribution is -2.58. The number of nitrogens with two attached hydrogens (primary N) is 1. The second kappa shape index (κ2) is 23.6. The molecule has 6 N–H and O–H groups in total. The van der Waals surface area contributed by atoms with Crippen LogP contribution in [0.1, 0.15) is 114 Å². The molecule has 78 heavy (non-hydrogen) atoms. The maximum absolute atomic E-state index is 14.4. The van der Waals surface area contributed by atoms with Crippen LogP contribution in [0.15, 0.2) is 71.6 Å². The molecule has 21 heteroatoms. The van der Waals surface area contributed by atoms with Gasteiger partial charge in [0.25, 0.3) is 0 Å². The summed E-state index contributed by atoms with van der Waals surface area (Å²) in [6.45, 7) is 14.4. The number of aliphatic hydroxyl groups excluding tert-OH is 1. The van der Waals surface area contributed by atoms with Gasteiger partial charge in [0.05, 0.1) is 28.7 Å². The van der Waals surface area contributed by atoms with Gasteiger partial charge >= 0.3 is 6.18 Å². The zero-order valence-corrected chi connectivity index (χ0v) is 46.0. The van der Waals surface area contributed by atoms with Gasteiger partial charge in [-0.05, 0) is 143 Å². The summed E-state index contributed by atoms with van der Waals surface area (Å²) >= 11 is 1.25. The van der Waals surface area contributed by atoms with Crippen molar-refractivity contribution in [3.63, 3.8) is 0 Å². The monoisotopic (exact) mass is 1090 g/mol. The van der Waals surface area contributed by atoms with Crippen LogP contribution in [0.4, 0.5) is 30.6 Å². The maximum Gasteiger partial charge on any atom is 0.416 e. The first kappa shape index (κ1) is 56.4. The molecule has 0 spiro atoms. The molecule has 4 aliphatic heterocycles. The molecule has 5 atom stereocenters. The van der Waals surface area contributed by atoms with Crippen molar-refractivity contribution < 1.29 is 37.8 Å². The third-order valence-electron chi connectivity index (χ3n) is 16.7. The Kier molecular flexibility index (Phi) is 17.0. The molecule has 3 amide bonds. The molecule has 1 aliphatic carbocycles. The lowest BCUT2D eigenvalue weighted by Gasteiger charge is -2.42. The number of alkyl halides is 3. The van der Waals surface area contributed by atoms with Crippen molar-refractivity contribution in [1.29, 1.82) is 0 Å². The lowest BCUT2D eigenvalue weighted by atomic mass is 9.80. The maximum atomic E-state index is 14.4. The number of β-amino-alcohol motifs (C(OH)–C–C–N with tert-alkyl or cyclic N) is 1. The number of aromatic hydroxyl groups is 1. The Morgan fingerprint density at radius 3 is 2.22 bits per heavy atom. The molecule has 1 saturated carbocycles. The Morgan fingerprint density at radius 2 is 1.59 bits per heavy atom. The van der Waals surface area contributed by atoms with E-state index in [1.165, 1.54) is 22.7 Å². The van der Waals surface area contributed by atoms with E-state index in [1.807, 2.05) is 51.4 Å². The van der Waals surface area contributed by atoms with Crippen LogP contribution < -0.4 is 26.2 Å². The fraction of sp³-hybridized carbons (Fsp3) is 0.544. The number of aromatic nitrogens is 4. The third kappa shape index (κ3) is 12.4. The van der Waals surface area contributed by atoms with E-state index in [0.29, 0.717) is 57.9 Å². The van der Waals surface area contributed by atoms with Gasteiger partial charge in [-0.15, -0.1) is 22.0 Å². The molecule has 2 unspecified atom stereocenters. The molecular weight excluding hydrogens is 1020 g/mol. The number of carbonyl (C=O) groups is 3. The third-order valence-corrected chi connectivity index (χ3v) is 17.6. The van der Waals surface area contributed by atoms with E-state index in [-0.39, 0.29) is 48.2 Å². The quantitative estimate of drug-likeness (QED) is 0.0723. The van der Waals surface area contributed by atoms with E-state index >= 15 is 0 Å². The van der Waals surface area contributed by atoms with E-state index < -0.39 is 53.7 Å². The summed E-state index contributed by atoms with van der Waals surface area (Å²) in [5.74, 6) is 0.338. The first-order valence-corrected chi connectivity index (χ1v) is 28.4. The molecule has 5 fully saturated rings. The number of carbonyl (C=O) groups excluding carboxylic acids is 3. The Labute approximate surface area is 458 Å². The minimum Gasteiger partial charge on any atom is -0.507 e. The number of para-hydroxylation sites is 1. The average molecular weight is 1100 g/mol. The van der Waals surface area contributed by atoms with Crippen molar-refractivity contribution in [2.24, 2.45) is 22.2 Å². The van der Waals surface area contributed by atoms with Crippen molar-refractivity contribution >= 4 is 58.6 Å². The molecule has 5 aliphatic rings. The summed E-state index contributed by atoms with van der Waals surface area (Å²) in [7, 11) is 0. The zero-order valence-electron chi connectivity index (χ0n) is 45.2. The minimum atomic E-state index is -4.72. The van der Waals surface area contributed by atoms with Gasteiger partial charge in [0, 0.05) is 80.0 Å². The van der Waals surface area contributed by atoms with E-state index in [4.69, 9.17) is 15.7 Å². The van der Waals surface area contributed by atoms with E-state index in [2.05, 4.69) is 47.2 Å². The Bertz CT molecular complexity index is 2850. The number of anilines is 3. The van der Waals surface area contributed by atoms with Gasteiger partial charge in [-0.1, -0.05) is 45.0 Å². The lowest BCUT2D eigenvalue weighted by molar-refractivity contribution is -0.144. The van der Waals surface area contributed by atoms with Crippen molar-refractivity contribution in [2.45, 2.75) is 134 Å². The van der Waals surface area contributed by atoms with Gasteiger partial charge in [0.1, 0.15) is 17.8 Å². The predicted molar refractivity (Wildman–Crippen MR) is 297 cm³/mol. The normalized spacial score (nSPS) is 23.9. The molecule has 4 aromatic rings. The molecule has 2 aromatic carbocycles. The van der Waals surface area contributed by atoms with Gasteiger partial charge in [0.2, 0.25) is 23.7 Å². The standard InChI is InChI=1S/C57H73F3N12O5S/c1-33(62-5)49(78-6)37-15-16-38(44(23-37)57(58,59)60)26-63-53(76)47-24-42(73)32-71(47)54(77)50(56(2,3)4)66-52(75)36-13-11-34(12-14-36)29-69-21-19-35(20-22-69)39-27-64-55(65-28-39)72-40-17-18-41(72)31-70(30-40)46-25-45(67-68-51(46)61)43-9-7-8-10-48(43)74/h7-10,15-16,23,25,27-28,34-36,40-42,47,50,73-74H,5,11-14,17-22,24,26,29-32H2,1-4,6H3,(H2,61,68)(H,63,76)(H,66,75)/b49-33-/t34-,36-,40?,41?,42-,47+,50-/m1/s1. The van der Waals surface area contributed by atoms with Crippen LogP contribution in [0.25, 0.3) is 16.2 Å². The predicted octanol–water partition coefficient (Wildman–Crippen LogP) is 7.64.